The van der Waals surface area contributed by atoms with Gasteiger partial charge in [0.2, 0.25) is 0 Å². The Morgan fingerprint density at radius 3 is 2.54 bits per heavy atom. The molecule has 0 aliphatic carbocycles. The van der Waals surface area contributed by atoms with Crippen LogP contribution in [-0.2, 0) is 6.54 Å². The van der Waals surface area contributed by atoms with Crippen molar-refractivity contribution in [3.05, 3.63) is 57.8 Å². The summed E-state index contributed by atoms with van der Waals surface area (Å²) in [6, 6.07) is 7.88. The zero-order valence-corrected chi connectivity index (χ0v) is 14.3. The Morgan fingerprint density at radius 1 is 1.25 bits per heavy atom. The van der Waals surface area contributed by atoms with E-state index < -0.39 is 0 Å². The third-order valence-corrected chi connectivity index (χ3v) is 3.83. The summed E-state index contributed by atoms with van der Waals surface area (Å²) in [5, 5.41) is 8.68. The Bertz CT molecular complexity index is 933. The van der Waals surface area contributed by atoms with Crippen LogP contribution in [0.3, 0.4) is 0 Å². The minimum absolute atomic E-state index is 0.0747. The van der Waals surface area contributed by atoms with E-state index in [2.05, 4.69) is 36.2 Å². The number of aryl methyl sites for hydroxylation is 1. The molecule has 0 amide bonds. The Labute approximate surface area is 139 Å². The zero-order valence-electron chi connectivity index (χ0n) is 14.3. The molecule has 2 aromatic heterocycles. The predicted molar refractivity (Wildman–Crippen MR) is 93.0 cm³/mol. The van der Waals surface area contributed by atoms with Crippen LogP contribution < -0.4 is 10.9 Å². The van der Waals surface area contributed by atoms with Crippen molar-refractivity contribution in [2.75, 3.05) is 0 Å². The molecule has 0 fully saturated rings. The molecule has 0 saturated heterocycles. The van der Waals surface area contributed by atoms with Crippen molar-refractivity contribution in [2.45, 2.75) is 39.8 Å². The molecule has 3 rings (SSSR count). The molecule has 0 bridgehead atoms. The van der Waals surface area contributed by atoms with Crippen LogP contribution in [0.2, 0.25) is 0 Å². The highest BCUT2D eigenvalue weighted by atomic mass is 19.1. The summed E-state index contributed by atoms with van der Waals surface area (Å²) in [4.78, 5) is 15.3. The van der Waals surface area contributed by atoms with Gasteiger partial charge < -0.3 is 10.3 Å². The first-order chi connectivity index (χ1) is 11.2. The third-order valence-electron chi connectivity index (χ3n) is 3.83. The standard InChI is InChI=1S/C18H21FN4O/c1-11-15-9-12(10-20-18(2,3)4)17(24)21-16(15)23(22-11)14-7-5-13(19)6-8-14/h5-9,20H,10H2,1-4H3,(H,21,24). The summed E-state index contributed by atoms with van der Waals surface area (Å²) in [5.74, 6) is -0.309. The van der Waals surface area contributed by atoms with E-state index in [1.807, 2.05) is 13.0 Å². The molecule has 0 radical (unpaired) electrons. The zero-order chi connectivity index (χ0) is 17.5. The molecule has 0 aliphatic heterocycles. The van der Waals surface area contributed by atoms with Gasteiger partial charge in [-0.2, -0.15) is 5.10 Å². The fourth-order valence-electron chi connectivity index (χ4n) is 2.52. The van der Waals surface area contributed by atoms with Crippen molar-refractivity contribution in [1.29, 1.82) is 0 Å². The average molecular weight is 328 g/mol. The highest BCUT2D eigenvalue weighted by molar-refractivity contribution is 5.80. The Balaban J connectivity index is 2.08. The first kappa shape index (κ1) is 16.4. The summed E-state index contributed by atoms with van der Waals surface area (Å²) in [7, 11) is 0. The van der Waals surface area contributed by atoms with Crippen LogP contribution >= 0.6 is 0 Å². The molecule has 0 spiro atoms. The van der Waals surface area contributed by atoms with Crippen LogP contribution in [0.25, 0.3) is 16.7 Å². The molecule has 0 atom stereocenters. The summed E-state index contributed by atoms with van der Waals surface area (Å²) in [5.41, 5.74) is 2.56. The SMILES string of the molecule is Cc1nn(-c2ccc(F)cc2)c2[nH]c(=O)c(CNC(C)(C)C)cc12. The molecule has 6 heteroatoms. The summed E-state index contributed by atoms with van der Waals surface area (Å²) >= 11 is 0. The number of pyridine rings is 1. The average Bonchev–Trinajstić information content (AvgIpc) is 2.81. The maximum absolute atomic E-state index is 13.1. The Morgan fingerprint density at radius 2 is 1.92 bits per heavy atom. The van der Waals surface area contributed by atoms with Gasteiger partial charge in [0.1, 0.15) is 11.5 Å². The molecule has 24 heavy (non-hydrogen) atoms. The minimum atomic E-state index is -0.309. The van der Waals surface area contributed by atoms with Crippen LogP contribution in [0, 0.1) is 12.7 Å². The second-order valence-electron chi connectivity index (χ2n) is 6.96. The number of aromatic amines is 1. The molecule has 0 aliphatic rings. The van der Waals surface area contributed by atoms with Gasteiger partial charge >= 0.3 is 0 Å². The molecule has 0 saturated carbocycles. The van der Waals surface area contributed by atoms with Gasteiger partial charge in [-0.1, -0.05) is 0 Å². The van der Waals surface area contributed by atoms with Crippen LogP contribution in [0.5, 0.6) is 0 Å². The van der Waals surface area contributed by atoms with E-state index in [4.69, 9.17) is 0 Å². The second kappa shape index (κ2) is 5.87. The summed E-state index contributed by atoms with van der Waals surface area (Å²) < 4.78 is 14.8. The Hall–Kier alpha value is -2.47. The van der Waals surface area contributed by atoms with Crippen molar-refractivity contribution in [3.8, 4) is 5.69 Å². The highest BCUT2D eigenvalue weighted by Crippen LogP contribution is 2.20. The fourth-order valence-corrected chi connectivity index (χ4v) is 2.52. The first-order valence-corrected chi connectivity index (χ1v) is 7.87. The van der Waals surface area contributed by atoms with Gasteiger partial charge in [-0.05, 0) is 58.0 Å². The normalized spacial score (nSPS) is 12.0. The molecule has 1 aromatic carbocycles. The number of benzene rings is 1. The van der Waals surface area contributed by atoms with Gasteiger partial charge in [-0.3, -0.25) is 4.79 Å². The molecular formula is C18H21FN4O. The fraction of sp³-hybridized carbons (Fsp3) is 0.333. The number of hydrogen-bond acceptors (Lipinski definition) is 3. The predicted octanol–water partition coefficient (Wildman–Crippen LogP) is 3.05. The summed E-state index contributed by atoms with van der Waals surface area (Å²) in [6.45, 7) is 8.53. The number of hydrogen-bond donors (Lipinski definition) is 2. The lowest BCUT2D eigenvalue weighted by atomic mass is 10.1. The van der Waals surface area contributed by atoms with Gasteiger partial charge in [-0.15, -0.1) is 0 Å². The number of halogens is 1. The number of nitrogens with one attached hydrogen (secondary N) is 2. The van der Waals surface area contributed by atoms with Crippen LogP contribution in [0.4, 0.5) is 4.39 Å². The van der Waals surface area contributed by atoms with Crippen LogP contribution in [0.15, 0.2) is 35.1 Å². The molecule has 3 aromatic rings. The van der Waals surface area contributed by atoms with Gasteiger partial charge in [0.15, 0.2) is 0 Å². The lowest BCUT2D eigenvalue weighted by Crippen LogP contribution is -2.36. The van der Waals surface area contributed by atoms with Gasteiger partial charge in [0, 0.05) is 23.0 Å². The smallest absolute Gasteiger partial charge is 0.254 e. The Kier molecular flexibility index (Phi) is 4.01. The van der Waals surface area contributed by atoms with Gasteiger partial charge in [0.25, 0.3) is 5.56 Å². The number of fused-ring (bicyclic) bond motifs is 1. The first-order valence-electron chi connectivity index (χ1n) is 7.87. The van der Waals surface area contributed by atoms with Crippen molar-refractivity contribution in [3.63, 3.8) is 0 Å². The van der Waals surface area contributed by atoms with E-state index in [0.717, 1.165) is 11.1 Å². The number of H-pyrrole nitrogens is 1. The lowest BCUT2D eigenvalue weighted by Gasteiger charge is -2.20. The quantitative estimate of drug-likeness (QED) is 0.777. The molecule has 2 N–H and O–H groups in total. The molecule has 5 nitrogen and oxygen atoms in total. The minimum Gasteiger partial charge on any atom is -0.308 e. The van der Waals surface area contributed by atoms with E-state index in [1.54, 1.807) is 16.8 Å². The maximum atomic E-state index is 13.1. The monoisotopic (exact) mass is 328 g/mol. The van der Waals surface area contributed by atoms with Crippen molar-refractivity contribution in [1.82, 2.24) is 20.1 Å². The van der Waals surface area contributed by atoms with E-state index in [0.29, 0.717) is 23.4 Å². The molecule has 126 valence electrons. The van der Waals surface area contributed by atoms with E-state index in [9.17, 15) is 9.18 Å². The maximum Gasteiger partial charge on any atom is 0.254 e. The number of aromatic nitrogens is 3. The van der Waals surface area contributed by atoms with Gasteiger partial charge in [-0.25, -0.2) is 9.07 Å². The number of rotatable bonds is 3. The van der Waals surface area contributed by atoms with Crippen LogP contribution in [-0.4, -0.2) is 20.3 Å². The second-order valence-corrected chi connectivity index (χ2v) is 6.96. The van der Waals surface area contributed by atoms with E-state index in [1.165, 1.54) is 12.1 Å². The largest absolute Gasteiger partial charge is 0.308 e. The van der Waals surface area contributed by atoms with E-state index in [-0.39, 0.29) is 16.9 Å². The topological polar surface area (TPSA) is 62.7 Å². The lowest BCUT2D eigenvalue weighted by molar-refractivity contribution is 0.423. The van der Waals surface area contributed by atoms with Crippen molar-refractivity contribution >= 4 is 11.0 Å². The molecular weight excluding hydrogens is 307 g/mol. The molecule has 2 heterocycles. The van der Waals surface area contributed by atoms with E-state index >= 15 is 0 Å². The third kappa shape index (κ3) is 3.23. The highest BCUT2D eigenvalue weighted by Gasteiger charge is 2.15. The molecule has 0 unspecified atom stereocenters. The van der Waals surface area contributed by atoms with Gasteiger partial charge in [0.05, 0.1) is 11.4 Å². The van der Waals surface area contributed by atoms with Crippen molar-refractivity contribution < 1.29 is 4.39 Å². The van der Waals surface area contributed by atoms with Crippen LogP contribution in [0.1, 0.15) is 32.0 Å². The summed E-state index contributed by atoms with van der Waals surface area (Å²) in [6.07, 6.45) is 0. The van der Waals surface area contributed by atoms with Crippen molar-refractivity contribution in [2.24, 2.45) is 0 Å². The number of nitrogens with zero attached hydrogens (tertiary/aromatic N) is 2.